The third-order valence-corrected chi connectivity index (χ3v) is 2.60. The molecule has 0 heterocycles. The van der Waals surface area contributed by atoms with Gasteiger partial charge >= 0.3 is 0 Å². The van der Waals surface area contributed by atoms with Crippen LogP contribution in [0.15, 0.2) is 12.1 Å². The highest BCUT2D eigenvalue weighted by Crippen LogP contribution is 2.38. The van der Waals surface area contributed by atoms with Gasteiger partial charge in [-0.25, -0.2) is 0 Å². The fourth-order valence-corrected chi connectivity index (χ4v) is 1.59. The molecule has 1 aromatic rings. The fraction of sp³-hybridized carbons (Fsp3) is 0.462. The van der Waals surface area contributed by atoms with Crippen molar-refractivity contribution in [3.63, 3.8) is 0 Å². The lowest BCUT2D eigenvalue weighted by Crippen LogP contribution is -2.37. The molecule has 0 spiro atoms. The van der Waals surface area contributed by atoms with Gasteiger partial charge in [-0.05, 0) is 24.6 Å². The molecule has 3 N–H and O–H groups in total. The van der Waals surface area contributed by atoms with Crippen molar-refractivity contribution in [1.29, 1.82) is 0 Å². The maximum Gasteiger partial charge on any atom is 0.236 e. The molecule has 1 aromatic carbocycles. The zero-order valence-corrected chi connectivity index (χ0v) is 11.6. The zero-order chi connectivity index (χ0) is 14.4. The average molecular weight is 268 g/mol. The summed E-state index contributed by atoms with van der Waals surface area (Å²) >= 11 is 0. The quantitative estimate of drug-likeness (QED) is 0.792. The normalized spacial score (nSPS) is 11.6. The van der Waals surface area contributed by atoms with Crippen LogP contribution < -0.4 is 25.3 Å². The molecule has 19 heavy (non-hydrogen) atoms. The van der Waals surface area contributed by atoms with Gasteiger partial charge in [0.15, 0.2) is 11.5 Å². The number of hydrogen-bond acceptors (Lipinski definition) is 5. The van der Waals surface area contributed by atoms with E-state index in [4.69, 9.17) is 19.9 Å². The fourth-order valence-electron chi connectivity index (χ4n) is 1.59. The van der Waals surface area contributed by atoms with Gasteiger partial charge in [-0.2, -0.15) is 0 Å². The molecule has 0 fully saturated rings. The van der Waals surface area contributed by atoms with E-state index in [9.17, 15) is 4.79 Å². The van der Waals surface area contributed by atoms with Crippen molar-refractivity contribution < 1.29 is 19.0 Å². The van der Waals surface area contributed by atoms with Gasteiger partial charge < -0.3 is 25.3 Å². The summed E-state index contributed by atoms with van der Waals surface area (Å²) in [5.74, 6) is 1.40. The molecular weight excluding hydrogens is 248 g/mol. The lowest BCUT2D eigenvalue weighted by atomic mass is 10.1. The molecule has 0 radical (unpaired) electrons. The van der Waals surface area contributed by atoms with E-state index in [1.807, 2.05) is 0 Å². The van der Waals surface area contributed by atoms with Crippen LogP contribution in [0, 0.1) is 0 Å². The number of carbonyl (C=O) groups excluding carboxylic acids is 1. The Bertz CT molecular complexity index is 421. The summed E-state index contributed by atoms with van der Waals surface area (Å²) in [6, 6.07) is 3.02. The summed E-state index contributed by atoms with van der Waals surface area (Å²) in [7, 11) is 4.63. The molecule has 1 amide bonds. The number of nitrogens with two attached hydrogens (primary N) is 1. The van der Waals surface area contributed by atoms with Crippen LogP contribution in [0.1, 0.15) is 12.5 Å². The molecule has 6 heteroatoms. The SMILES string of the molecule is COc1cc(CNC(=O)[C@@H](C)N)cc(OC)c1OC. The van der Waals surface area contributed by atoms with E-state index in [0.717, 1.165) is 5.56 Å². The van der Waals surface area contributed by atoms with Gasteiger partial charge in [0.1, 0.15) is 0 Å². The monoisotopic (exact) mass is 268 g/mol. The largest absolute Gasteiger partial charge is 0.493 e. The number of rotatable bonds is 6. The number of ether oxygens (including phenoxy) is 3. The maximum atomic E-state index is 11.4. The van der Waals surface area contributed by atoms with Crippen LogP contribution in [-0.2, 0) is 11.3 Å². The second kappa shape index (κ2) is 6.84. The predicted octanol–water partition coefficient (Wildman–Crippen LogP) is 0.676. The van der Waals surface area contributed by atoms with E-state index in [2.05, 4.69) is 5.32 Å². The summed E-state index contributed by atoms with van der Waals surface area (Å²) in [4.78, 5) is 11.4. The van der Waals surface area contributed by atoms with Gasteiger partial charge in [0.25, 0.3) is 0 Å². The molecule has 0 saturated carbocycles. The Hall–Kier alpha value is -1.95. The van der Waals surface area contributed by atoms with Crippen molar-refractivity contribution in [2.24, 2.45) is 5.73 Å². The third kappa shape index (κ3) is 3.75. The lowest BCUT2D eigenvalue weighted by molar-refractivity contribution is -0.122. The van der Waals surface area contributed by atoms with Crippen molar-refractivity contribution >= 4 is 5.91 Å². The van der Waals surface area contributed by atoms with E-state index < -0.39 is 6.04 Å². The summed E-state index contributed by atoms with van der Waals surface area (Å²) in [6.07, 6.45) is 0. The maximum absolute atomic E-state index is 11.4. The van der Waals surface area contributed by atoms with E-state index in [-0.39, 0.29) is 5.91 Å². The summed E-state index contributed by atoms with van der Waals surface area (Å²) < 4.78 is 15.7. The standard InChI is InChI=1S/C13H20N2O4/c1-8(14)13(16)15-7-9-5-10(17-2)12(19-4)11(6-9)18-3/h5-6,8H,7,14H2,1-4H3,(H,15,16)/t8-/m1/s1. The molecule has 1 rings (SSSR count). The first-order valence-electron chi connectivity index (χ1n) is 5.85. The second-order valence-corrected chi connectivity index (χ2v) is 4.04. The molecule has 0 bridgehead atoms. The Morgan fingerprint density at radius 2 is 1.74 bits per heavy atom. The Morgan fingerprint density at radius 1 is 1.21 bits per heavy atom. The highest BCUT2D eigenvalue weighted by Gasteiger charge is 2.14. The first-order chi connectivity index (χ1) is 9.03. The van der Waals surface area contributed by atoms with Gasteiger partial charge in [-0.15, -0.1) is 0 Å². The van der Waals surface area contributed by atoms with Crippen LogP contribution in [0.2, 0.25) is 0 Å². The van der Waals surface area contributed by atoms with Crippen LogP contribution in [-0.4, -0.2) is 33.3 Å². The van der Waals surface area contributed by atoms with Crippen LogP contribution in [0.25, 0.3) is 0 Å². The number of methoxy groups -OCH3 is 3. The molecule has 0 aliphatic carbocycles. The molecule has 0 saturated heterocycles. The van der Waals surface area contributed by atoms with E-state index >= 15 is 0 Å². The van der Waals surface area contributed by atoms with E-state index in [1.165, 1.54) is 7.11 Å². The van der Waals surface area contributed by atoms with Crippen LogP contribution >= 0.6 is 0 Å². The van der Waals surface area contributed by atoms with Gasteiger partial charge in [0, 0.05) is 6.54 Å². The van der Waals surface area contributed by atoms with Crippen LogP contribution in [0.5, 0.6) is 17.2 Å². The van der Waals surface area contributed by atoms with Gasteiger partial charge in [-0.3, -0.25) is 4.79 Å². The summed E-state index contributed by atoms with van der Waals surface area (Å²) in [5, 5.41) is 2.72. The third-order valence-electron chi connectivity index (χ3n) is 2.60. The molecule has 1 atom stereocenters. The molecule has 0 aliphatic rings. The minimum absolute atomic E-state index is 0.214. The molecule has 0 unspecified atom stereocenters. The van der Waals surface area contributed by atoms with Crippen molar-refractivity contribution in [3.8, 4) is 17.2 Å². The van der Waals surface area contributed by atoms with Crippen LogP contribution in [0.3, 0.4) is 0 Å². The van der Waals surface area contributed by atoms with Crippen molar-refractivity contribution in [2.45, 2.75) is 19.5 Å². The predicted molar refractivity (Wildman–Crippen MR) is 71.6 cm³/mol. The molecule has 0 aromatic heterocycles. The van der Waals surface area contributed by atoms with E-state index in [1.54, 1.807) is 33.3 Å². The van der Waals surface area contributed by atoms with E-state index in [0.29, 0.717) is 23.8 Å². The number of nitrogens with one attached hydrogen (secondary N) is 1. The van der Waals surface area contributed by atoms with Gasteiger partial charge in [0.05, 0.1) is 27.4 Å². The number of benzene rings is 1. The molecule has 106 valence electrons. The Morgan fingerprint density at radius 3 is 2.11 bits per heavy atom. The van der Waals surface area contributed by atoms with Crippen molar-refractivity contribution in [3.05, 3.63) is 17.7 Å². The second-order valence-electron chi connectivity index (χ2n) is 4.04. The highest BCUT2D eigenvalue weighted by molar-refractivity contribution is 5.80. The highest BCUT2D eigenvalue weighted by atomic mass is 16.5. The first-order valence-corrected chi connectivity index (χ1v) is 5.85. The topological polar surface area (TPSA) is 82.8 Å². The average Bonchev–Trinajstić information content (AvgIpc) is 2.42. The zero-order valence-electron chi connectivity index (χ0n) is 11.6. The van der Waals surface area contributed by atoms with Crippen LogP contribution in [0.4, 0.5) is 0 Å². The molecule has 6 nitrogen and oxygen atoms in total. The van der Waals surface area contributed by atoms with Crippen molar-refractivity contribution in [2.75, 3.05) is 21.3 Å². The molecular formula is C13H20N2O4. The number of carbonyl (C=O) groups is 1. The van der Waals surface area contributed by atoms with Crippen molar-refractivity contribution in [1.82, 2.24) is 5.32 Å². The smallest absolute Gasteiger partial charge is 0.236 e. The Kier molecular flexibility index (Phi) is 5.44. The summed E-state index contributed by atoms with van der Waals surface area (Å²) in [5.41, 5.74) is 6.31. The number of amides is 1. The minimum Gasteiger partial charge on any atom is -0.493 e. The first kappa shape index (κ1) is 15.1. The Labute approximate surface area is 112 Å². The minimum atomic E-state index is -0.540. The molecule has 0 aliphatic heterocycles. The summed E-state index contributed by atoms with van der Waals surface area (Å²) in [6.45, 7) is 1.97. The van der Waals surface area contributed by atoms with Gasteiger partial charge in [-0.1, -0.05) is 0 Å². The number of hydrogen-bond donors (Lipinski definition) is 2. The van der Waals surface area contributed by atoms with Gasteiger partial charge in [0.2, 0.25) is 11.7 Å². The Balaban J connectivity index is 2.93. The lowest BCUT2D eigenvalue weighted by Gasteiger charge is -2.14.